The second kappa shape index (κ2) is 16.2. The van der Waals surface area contributed by atoms with Gasteiger partial charge in [-0.3, -0.25) is 14.4 Å². The zero-order valence-corrected chi connectivity index (χ0v) is 25.8. The largest absolute Gasteiger partial charge is 0.494 e. The highest BCUT2D eigenvalue weighted by Gasteiger charge is 2.42. The number of ether oxygens (including phenoxy) is 1. The lowest BCUT2D eigenvalue weighted by Gasteiger charge is -2.16. The fourth-order valence-corrected chi connectivity index (χ4v) is 7.48. The van der Waals surface area contributed by atoms with Crippen LogP contribution in [0.25, 0.3) is 0 Å². The van der Waals surface area contributed by atoms with E-state index >= 15 is 0 Å². The van der Waals surface area contributed by atoms with E-state index in [1.165, 1.54) is 6.07 Å². The van der Waals surface area contributed by atoms with E-state index in [0.29, 0.717) is 41.9 Å². The van der Waals surface area contributed by atoms with Crippen molar-refractivity contribution in [2.75, 3.05) is 18.9 Å². The van der Waals surface area contributed by atoms with Gasteiger partial charge in [-0.25, -0.2) is 4.79 Å². The van der Waals surface area contributed by atoms with E-state index in [4.69, 9.17) is 4.74 Å². The van der Waals surface area contributed by atoms with Gasteiger partial charge < -0.3 is 26.0 Å². The van der Waals surface area contributed by atoms with Gasteiger partial charge in [0, 0.05) is 30.5 Å². The summed E-state index contributed by atoms with van der Waals surface area (Å²) in [5, 5.41) is 12.0. The summed E-state index contributed by atoms with van der Waals surface area (Å²) in [5.41, 5.74) is 0.790. The first-order valence-corrected chi connectivity index (χ1v) is 16.6. The number of ketones is 1. The van der Waals surface area contributed by atoms with Gasteiger partial charge in [0.2, 0.25) is 5.91 Å². The van der Waals surface area contributed by atoms with Gasteiger partial charge >= 0.3 is 12.2 Å². The number of halogens is 3. The number of benzene rings is 1. The minimum atomic E-state index is -4.97. The number of hydrogen-bond acceptors (Lipinski definition) is 7. The number of alkyl halides is 3. The number of carbonyl (C=O) groups is 4. The van der Waals surface area contributed by atoms with Crippen LogP contribution in [0.2, 0.25) is 0 Å². The summed E-state index contributed by atoms with van der Waals surface area (Å²) in [6.07, 6.45) is 2.13. The molecule has 2 aliphatic heterocycles. The molecule has 0 spiro atoms. The molecule has 4 rings (SSSR count). The number of rotatable bonds is 17. The van der Waals surface area contributed by atoms with Gasteiger partial charge in [-0.05, 0) is 55.5 Å². The van der Waals surface area contributed by atoms with E-state index in [2.05, 4.69) is 21.3 Å². The normalized spacial score (nSPS) is 19.2. The number of hydrogen-bond donors (Lipinski definition) is 4. The quantitative estimate of drug-likeness (QED) is 0.106. The molecule has 0 bridgehead atoms. The SMILES string of the molecule is O=C(CCCC[C@H]1SC[C@H]2NC(=O)N[C@H]21)NCCCCCCOc1ccc(CNC(=O)c2ccc(C(=O)C(F)(F)F)s2)cc1. The number of unbranched alkanes of at least 4 members (excludes halogenated alkanes) is 4. The first-order chi connectivity index (χ1) is 21.1. The standard InChI is InChI=1S/C30H37F3N4O5S2/c31-30(32,33)27(39)23-13-14-24(44-23)28(40)35-17-19-9-11-20(12-10-19)42-16-6-2-1-5-15-34-25(38)8-4-3-7-22-26-21(18-43-22)36-29(41)37-26/h9-14,21-22,26H,1-8,15-18H2,(H,34,38)(H,35,40)(H2,36,37,41)/t21-,22-,26-/m1/s1. The highest BCUT2D eigenvalue weighted by Crippen LogP contribution is 2.33. The molecule has 0 radical (unpaired) electrons. The lowest BCUT2D eigenvalue weighted by molar-refractivity contribution is -0.121. The predicted octanol–water partition coefficient (Wildman–Crippen LogP) is 5.20. The summed E-state index contributed by atoms with van der Waals surface area (Å²) in [6.45, 7) is 1.40. The molecular formula is C30H37F3N4O5S2. The van der Waals surface area contributed by atoms with Crippen LogP contribution in [0, 0.1) is 0 Å². The lowest BCUT2D eigenvalue weighted by Crippen LogP contribution is -2.36. The Morgan fingerprint density at radius 2 is 1.66 bits per heavy atom. The maximum absolute atomic E-state index is 12.6. The van der Waals surface area contributed by atoms with Crippen LogP contribution >= 0.6 is 23.1 Å². The first kappa shape index (κ1) is 33.6. The van der Waals surface area contributed by atoms with Gasteiger partial charge in [0.1, 0.15) is 5.75 Å². The molecule has 14 heteroatoms. The Hall–Kier alpha value is -3.26. The van der Waals surface area contributed by atoms with E-state index in [-0.39, 0.29) is 35.4 Å². The minimum absolute atomic E-state index is 0.0307. The topological polar surface area (TPSA) is 126 Å². The van der Waals surface area contributed by atoms with E-state index in [1.807, 2.05) is 11.8 Å². The summed E-state index contributed by atoms with van der Waals surface area (Å²) in [4.78, 5) is 46.6. The van der Waals surface area contributed by atoms with Crippen LogP contribution in [0.1, 0.15) is 76.3 Å². The maximum atomic E-state index is 12.6. The molecule has 1 aromatic carbocycles. The lowest BCUT2D eigenvalue weighted by atomic mass is 10.0. The number of urea groups is 1. The van der Waals surface area contributed by atoms with Crippen molar-refractivity contribution in [3.8, 4) is 5.75 Å². The third kappa shape index (κ3) is 10.1. The molecular weight excluding hydrogens is 617 g/mol. The second-order valence-electron chi connectivity index (χ2n) is 10.8. The summed E-state index contributed by atoms with van der Waals surface area (Å²) >= 11 is 2.40. The predicted molar refractivity (Wildman–Crippen MR) is 163 cm³/mol. The van der Waals surface area contributed by atoms with Crippen molar-refractivity contribution in [2.45, 2.75) is 81.4 Å². The number of nitrogens with one attached hydrogen (secondary N) is 4. The van der Waals surface area contributed by atoms with Gasteiger partial charge in [-0.1, -0.05) is 31.4 Å². The van der Waals surface area contributed by atoms with E-state index in [0.717, 1.165) is 62.3 Å². The van der Waals surface area contributed by atoms with E-state index < -0.39 is 22.7 Å². The monoisotopic (exact) mass is 654 g/mol. The molecule has 2 aliphatic rings. The Morgan fingerprint density at radius 1 is 0.909 bits per heavy atom. The van der Waals surface area contributed by atoms with Gasteiger partial charge in [0.25, 0.3) is 11.7 Å². The van der Waals surface area contributed by atoms with Crippen molar-refractivity contribution in [3.63, 3.8) is 0 Å². The molecule has 0 aliphatic carbocycles. The third-order valence-electron chi connectivity index (χ3n) is 7.43. The number of amides is 4. The average Bonchev–Trinajstić information content (AvgIpc) is 3.72. The van der Waals surface area contributed by atoms with Crippen LogP contribution in [-0.2, 0) is 11.3 Å². The highest BCUT2D eigenvalue weighted by molar-refractivity contribution is 8.00. The molecule has 3 heterocycles. The van der Waals surface area contributed by atoms with Gasteiger partial charge in [-0.2, -0.15) is 24.9 Å². The smallest absolute Gasteiger partial charge is 0.455 e. The summed E-state index contributed by atoms with van der Waals surface area (Å²) in [7, 11) is 0. The van der Waals surface area contributed by atoms with Crippen molar-refractivity contribution >= 4 is 46.7 Å². The van der Waals surface area contributed by atoms with Crippen molar-refractivity contribution in [3.05, 3.63) is 51.7 Å². The fourth-order valence-electron chi connectivity index (χ4n) is 5.06. The van der Waals surface area contributed by atoms with Gasteiger partial charge in [0.05, 0.1) is 28.4 Å². The molecule has 2 saturated heterocycles. The molecule has 44 heavy (non-hydrogen) atoms. The van der Waals surface area contributed by atoms with Crippen LogP contribution in [0.3, 0.4) is 0 Å². The Labute approximate surface area is 262 Å². The number of Topliss-reactive ketones (excluding diaryl/α,β-unsaturated/α-hetero) is 1. The summed E-state index contributed by atoms with van der Waals surface area (Å²) in [5.74, 6) is -0.788. The molecule has 4 amide bonds. The number of thioether (sulfide) groups is 1. The van der Waals surface area contributed by atoms with Crippen molar-refractivity contribution in [1.82, 2.24) is 21.3 Å². The zero-order chi connectivity index (χ0) is 31.5. The molecule has 0 saturated carbocycles. The molecule has 0 unspecified atom stereocenters. The van der Waals surface area contributed by atoms with Crippen LogP contribution in [0.15, 0.2) is 36.4 Å². The summed E-state index contributed by atoms with van der Waals surface area (Å²) in [6, 6.07) is 9.75. The Balaban J connectivity index is 0.985. The minimum Gasteiger partial charge on any atom is -0.494 e. The van der Waals surface area contributed by atoms with Crippen LogP contribution in [-0.4, -0.2) is 66.0 Å². The van der Waals surface area contributed by atoms with Crippen molar-refractivity contribution < 1.29 is 37.1 Å². The van der Waals surface area contributed by atoms with Crippen LogP contribution in [0.5, 0.6) is 5.75 Å². The van der Waals surface area contributed by atoms with Crippen LogP contribution in [0.4, 0.5) is 18.0 Å². The van der Waals surface area contributed by atoms with Gasteiger partial charge in [-0.15, -0.1) is 11.3 Å². The van der Waals surface area contributed by atoms with E-state index in [1.54, 1.807) is 24.3 Å². The maximum Gasteiger partial charge on any atom is 0.455 e. The molecule has 4 N–H and O–H groups in total. The van der Waals surface area contributed by atoms with E-state index in [9.17, 15) is 32.3 Å². The third-order valence-corrected chi connectivity index (χ3v) is 10.0. The fraction of sp³-hybridized carbons (Fsp3) is 0.533. The molecule has 240 valence electrons. The molecule has 3 atom stereocenters. The Bertz CT molecular complexity index is 1290. The van der Waals surface area contributed by atoms with Gasteiger partial charge in [0.15, 0.2) is 0 Å². The molecule has 9 nitrogen and oxygen atoms in total. The highest BCUT2D eigenvalue weighted by atomic mass is 32.2. The van der Waals surface area contributed by atoms with Crippen molar-refractivity contribution in [1.29, 1.82) is 0 Å². The first-order valence-electron chi connectivity index (χ1n) is 14.8. The second-order valence-corrected chi connectivity index (χ2v) is 13.2. The molecule has 2 fully saturated rings. The molecule has 1 aromatic heterocycles. The van der Waals surface area contributed by atoms with Crippen molar-refractivity contribution in [2.24, 2.45) is 0 Å². The Morgan fingerprint density at radius 3 is 2.43 bits per heavy atom. The molecule has 2 aromatic rings. The summed E-state index contributed by atoms with van der Waals surface area (Å²) < 4.78 is 43.4. The van der Waals surface area contributed by atoms with Crippen LogP contribution < -0.4 is 26.0 Å². The Kier molecular flexibility index (Phi) is 12.4. The number of thiophene rings is 1. The number of fused-ring (bicyclic) bond motifs is 1. The zero-order valence-electron chi connectivity index (χ0n) is 24.2. The average molecular weight is 655 g/mol. The number of carbonyl (C=O) groups excluding carboxylic acids is 4.